The smallest absolute Gasteiger partial charge is 0.409 e. The predicted octanol–water partition coefficient (Wildman–Crippen LogP) is 1.77. The van der Waals surface area contributed by atoms with Crippen LogP contribution in [0.2, 0.25) is 0 Å². The maximum Gasteiger partial charge on any atom is 0.409 e. The summed E-state index contributed by atoms with van der Waals surface area (Å²) in [6.45, 7) is 5.34. The van der Waals surface area contributed by atoms with Gasteiger partial charge in [0.25, 0.3) is 0 Å². The molecule has 15 heavy (non-hydrogen) atoms. The van der Waals surface area contributed by atoms with Crippen LogP contribution in [0.3, 0.4) is 0 Å². The van der Waals surface area contributed by atoms with Gasteiger partial charge in [-0.2, -0.15) is 0 Å². The zero-order valence-electron chi connectivity index (χ0n) is 9.66. The summed E-state index contributed by atoms with van der Waals surface area (Å²) in [4.78, 5) is 13.1. The van der Waals surface area contributed by atoms with Gasteiger partial charge >= 0.3 is 6.09 Å². The molecule has 88 valence electrons. The number of carbonyl (C=O) groups is 1. The van der Waals surface area contributed by atoms with Crippen LogP contribution in [0.25, 0.3) is 0 Å². The highest BCUT2D eigenvalue weighted by atomic mass is 16.6. The SMILES string of the molecule is CCCC1(O)CCCN(C(=O)OCC)C1. The summed E-state index contributed by atoms with van der Waals surface area (Å²) >= 11 is 0. The molecule has 1 heterocycles. The van der Waals surface area contributed by atoms with Crippen LogP contribution >= 0.6 is 0 Å². The molecule has 0 radical (unpaired) electrons. The fourth-order valence-corrected chi connectivity index (χ4v) is 2.15. The van der Waals surface area contributed by atoms with Gasteiger partial charge in [-0.15, -0.1) is 0 Å². The van der Waals surface area contributed by atoms with E-state index in [1.807, 2.05) is 6.92 Å². The average Bonchev–Trinajstić information content (AvgIpc) is 2.18. The molecule has 0 aliphatic carbocycles. The molecule has 0 bridgehead atoms. The Morgan fingerprint density at radius 1 is 1.53 bits per heavy atom. The van der Waals surface area contributed by atoms with Gasteiger partial charge < -0.3 is 14.7 Å². The van der Waals surface area contributed by atoms with Gasteiger partial charge in [-0.3, -0.25) is 0 Å². The molecule has 1 fully saturated rings. The lowest BCUT2D eigenvalue weighted by Crippen LogP contribution is -2.50. The zero-order valence-corrected chi connectivity index (χ0v) is 9.66. The van der Waals surface area contributed by atoms with Crippen molar-refractivity contribution < 1.29 is 14.6 Å². The van der Waals surface area contributed by atoms with E-state index in [0.717, 1.165) is 25.7 Å². The Balaban J connectivity index is 2.51. The summed E-state index contributed by atoms with van der Waals surface area (Å²) in [5.41, 5.74) is -0.695. The molecule has 0 spiro atoms. The van der Waals surface area contributed by atoms with Crippen molar-refractivity contribution in [1.29, 1.82) is 0 Å². The second kappa shape index (κ2) is 5.35. The fourth-order valence-electron chi connectivity index (χ4n) is 2.15. The first-order valence-electron chi connectivity index (χ1n) is 5.75. The Labute approximate surface area is 91.2 Å². The second-order valence-electron chi connectivity index (χ2n) is 4.20. The summed E-state index contributed by atoms with van der Waals surface area (Å²) in [6.07, 6.45) is 3.04. The van der Waals surface area contributed by atoms with Crippen molar-refractivity contribution in [3.05, 3.63) is 0 Å². The summed E-state index contributed by atoms with van der Waals surface area (Å²) < 4.78 is 4.93. The minimum absolute atomic E-state index is 0.299. The molecule has 1 rings (SSSR count). The van der Waals surface area contributed by atoms with E-state index in [2.05, 4.69) is 0 Å². The minimum atomic E-state index is -0.695. The van der Waals surface area contributed by atoms with E-state index in [0.29, 0.717) is 19.7 Å². The van der Waals surface area contributed by atoms with E-state index in [1.165, 1.54) is 0 Å². The average molecular weight is 215 g/mol. The van der Waals surface area contributed by atoms with Crippen molar-refractivity contribution >= 4 is 6.09 Å². The quantitative estimate of drug-likeness (QED) is 0.780. The number of rotatable bonds is 3. The van der Waals surface area contributed by atoms with Crippen molar-refractivity contribution in [3.8, 4) is 0 Å². The number of nitrogens with zero attached hydrogens (tertiary/aromatic N) is 1. The normalized spacial score (nSPS) is 26.5. The highest BCUT2D eigenvalue weighted by Crippen LogP contribution is 2.25. The molecule has 1 aliphatic rings. The number of piperidine rings is 1. The molecule has 0 saturated carbocycles. The maximum atomic E-state index is 11.5. The van der Waals surface area contributed by atoms with Crippen molar-refractivity contribution in [3.63, 3.8) is 0 Å². The second-order valence-corrected chi connectivity index (χ2v) is 4.20. The monoisotopic (exact) mass is 215 g/mol. The number of aliphatic hydroxyl groups is 1. The predicted molar refractivity (Wildman–Crippen MR) is 57.7 cm³/mol. The highest BCUT2D eigenvalue weighted by Gasteiger charge is 2.34. The van der Waals surface area contributed by atoms with E-state index >= 15 is 0 Å². The Kier molecular flexibility index (Phi) is 4.39. The van der Waals surface area contributed by atoms with Crippen LogP contribution in [0, 0.1) is 0 Å². The lowest BCUT2D eigenvalue weighted by atomic mass is 9.89. The first-order valence-corrected chi connectivity index (χ1v) is 5.75. The third kappa shape index (κ3) is 3.38. The standard InChI is InChI=1S/C11H21NO3/c1-3-6-11(14)7-5-8-12(9-11)10(13)15-4-2/h14H,3-9H2,1-2H3. The third-order valence-corrected chi connectivity index (χ3v) is 2.80. The summed E-state index contributed by atoms with van der Waals surface area (Å²) in [5.74, 6) is 0. The number of carbonyl (C=O) groups excluding carboxylic acids is 1. The Morgan fingerprint density at radius 3 is 2.87 bits per heavy atom. The molecule has 1 atom stereocenters. The van der Waals surface area contributed by atoms with Gasteiger partial charge in [0.1, 0.15) is 0 Å². The zero-order chi connectivity index (χ0) is 11.3. The molecule has 1 unspecified atom stereocenters. The third-order valence-electron chi connectivity index (χ3n) is 2.80. The molecular formula is C11H21NO3. The van der Waals surface area contributed by atoms with Crippen LogP contribution in [0.4, 0.5) is 4.79 Å². The highest BCUT2D eigenvalue weighted by molar-refractivity contribution is 5.67. The van der Waals surface area contributed by atoms with Gasteiger partial charge in [-0.25, -0.2) is 4.79 Å². The summed E-state index contributed by atoms with van der Waals surface area (Å²) in [5, 5.41) is 10.2. The van der Waals surface area contributed by atoms with E-state index in [-0.39, 0.29) is 6.09 Å². The van der Waals surface area contributed by atoms with Crippen LogP contribution < -0.4 is 0 Å². The number of hydrogen-bond acceptors (Lipinski definition) is 3. The van der Waals surface area contributed by atoms with E-state index in [4.69, 9.17) is 4.74 Å². The van der Waals surface area contributed by atoms with Crippen LogP contribution in [0.1, 0.15) is 39.5 Å². The topological polar surface area (TPSA) is 49.8 Å². The first kappa shape index (κ1) is 12.3. The Bertz CT molecular complexity index is 216. The van der Waals surface area contributed by atoms with Crippen LogP contribution in [-0.4, -0.2) is 41.4 Å². The lowest BCUT2D eigenvalue weighted by molar-refractivity contribution is -0.0351. The Hall–Kier alpha value is -0.770. The summed E-state index contributed by atoms with van der Waals surface area (Å²) in [6, 6.07) is 0. The van der Waals surface area contributed by atoms with Crippen LogP contribution in [-0.2, 0) is 4.74 Å². The van der Waals surface area contributed by atoms with Crippen LogP contribution in [0.5, 0.6) is 0 Å². The molecule has 4 nitrogen and oxygen atoms in total. The molecule has 1 saturated heterocycles. The summed E-state index contributed by atoms with van der Waals surface area (Å²) in [7, 11) is 0. The largest absolute Gasteiger partial charge is 0.450 e. The molecule has 0 aromatic heterocycles. The van der Waals surface area contributed by atoms with E-state index < -0.39 is 5.60 Å². The van der Waals surface area contributed by atoms with E-state index in [1.54, 1.807) is 11.8 Å². The number of β-amino-alcohol motifs (C(OH)–C–C–N with tert-alkyl or cyclic N) is 1. The van der Waals surface area contributed by atoms with Crippen LogP contribution in [0.15, 0.2) is 0 Å². The minimum Gasteiger partial charge on any atom is -0.450 e. The molecule has 0 aromatic rings. The lowest BCUT2D eigenvalue weighted by Gasteiger charge is -2.38. The van der Waals surface area contributed by atoms with Crippen molar-refractivity contribution in [2.45, 2.75) is 45.1 Å². The Morgan fingerprint density at radius 2 is 2.27 bits per heavy atom. The van der Waals surface area contributed by atoms with Crippen molar-refractivity contribution in [2.75, 3.05) is 19.7 Å². The van der Waals surface area contributed by atoms with Crippen molar-refractivity contribution in [2.24, 2.45) is 0 Å². The molecule has 4 heteroatoms. The molecule has 1 amide bonds. The van der Waals surface area contributed by atoms with Crippen molar-refractivity contribution in [1.82, 2.24) is 4.90 Å². The molecule has 1 N–H and O–H groups in total. The molecule has 0 aromatic carbocycles. The maximum absolute atomic E-state index is 11.5. The number of ether oxygens (including phenoxy) is 1. The molecule has 1 aliphatic heterocycles. The number of likely N-dealkylation sites (tertiary alicyclic amines) is 1. The fraction of sp³-hybridized carbons (Fsp3) is 0.909. The first-order chi connectivity index (χ1) is 7.11. The van der Waals surface area contributed by atoms with E-state index in [9.17, 15) is 9.90 Å². The van der Waals surface area contributed by atoms with Gasteiger partial charge in [0.2, 0.25) is 0 Å². The van der Waals surface area contributed by atoms with Gasteiger partial charge in [-0.05, 0) is 26.2 Å². The number of hydrogen-bond donors (Lipinski definition) is 1. The van der Waals surface area contributed by atoms with Gasteiger partial charge in [0, 0.05) is 6.54 Å². The molecular weight excluding hydrogens is 194 g/mol. The van der Waals surface area contributed by atoms with Gasteiger partial charge in [-0.1, -0.05) is 13.3 Å². The number of amides is 1. The van der Waals surface area contributed by atoms with Gasteiger partial charge in [0.05, 0.1) is 18.8 Å². The van der Waals surface area contributed by atoms with Gasteiger partial charge in [0.15, 0.2) is 0 Å².